The second-order valence-corrected chi connectivity index (χ2v) is 6.90. The molecule has 2 aromatic carbocycles. The number of fused-ring (bicyclic) bond motifs is 2. The molecule has 0 radical (unpaired) electrons. The van der Waals surface area contributed by atoms with Gasteiger partial charge in [0.05, 0.1) is 10.9 Å². The van der Waals surface area contributed by atoms with Crippen molar-refractivity contribution < 1.29 is 4.79 Å². The smallest absolute Gasteiger partial charge is 0.257 e. The molecular formula is C22H22N4O. The van der Waals surface area contributed by atoms with Crippen LogP contribution in [-0.2, 0) is 6.54 Å². The number of aromatic nitrogens is 3. The first-order chi connectivity index (χ1) is 13.1. The average Bonchev–Trinajstić information content (AvgIpc) is 2.97. The molecule has 2 aromatic heterocycles. The van der Waals surface area contributed by atoms with Crippen LogP contribution in [0.4, 0.5) is 5.82 Å². The van der Waals surface area contributed by atoms with E-state index in [1.807, 2.05) is 41.9 Å². The SMILES string of the molecule is CCCn1nc(NC(=O)c2ccccc2C)c2cc3cc(C)ccc3nc21. The van der Waals surface area contributed by atoms with E-state index in [-0.39, 0.29) is 5.91 Å². The summed E-state index contributed by atoms with van der Waals surface area (Å²) in [4.78, 5) is 17.6. The van der Waals surface area contributed by atoms with Crippen molar-refractivity contribution in [1.29, 1.82) is 0 Å². The molecule has 0 fully saturated rings. The molecule has 0 saturated carbocycles. The Bertz CT molecular complexity index is 1160. The molecule has 0 saturated heterocycles. The minimum atomic E-state index is -0.152. The van der Waals surface area contributed by atoms with E-state index in [1.165, 1.54) is 5.56 Å². The van der Waals surface area contributed by atoms with Gasteiger partial charge < -0.3 is 5.32 Å². The third-order valence-corrected chi connectivity index (χ3v) is 4.73. The third-order valence-electron chi connectivity index (χ3n) is 4.73. The summed E-state index contributed by atoms with van der Waals surface area (Å²) in [6.45, 7) is 6.84. The highest BCUT2D eigenvalue weighted by atomic mass is 16.1. The first-order valence-electron chi connectivity index (χ1n) is 9.21. The van der Waals surface area contributed by atoms with Gasteiger partial charge >= 0.3 is 0 Å². The molecule has 0 aliphatic rings. The van der Waals surface area contributed by atoms with Crippen LogP contribution in [0.3, 0.4) is 0 Å². The van der Waals surface area contributed by atoms with E-state index in [2.05, 4.69) is 42.5 Å². The quantitative estimate of drug-likeness (QED) is 0.566. The van der Waals surface area contributed by atoms with Crippen molar-refractivity contribution in [2.45, 2.75) is 33.7 Å². The topological polar surface area (TPSA) is 59.8 Å². The highest BCUT2D eigenvalue weighted by molar-refractivity contribution is 6.09. The maximum absolute atomic E-state index is 12.8. The van der Waals surface area contributed by atoms with Crippen molar-refractivity contribution in [2.75, 3.05) is 5.32 Å². The lowest BCUT2D eigenvalue weighted by molar-refractivity contribution is 0.102. The van der Waals surface area contributed by atoms with Gasteiger partial charge in [-0.1, -0.05) is 36.8 Å². The Hall–Kier alpha value is -3.21. The zero-order chi connectivity index (χ0) is 19.0. The molecule has 4 rings (SSSR count). The zero-order valence-corrected chi connectivity index (χ0v) is 15.8. The van der Waals surface area contributed by atoms with Crippen LogP contribution < -0.4 is 5.32 Å². The number of rotatable bonds is 4. The standard InChI is InChI=1S/C22H22N4O/c1-4-11-26-21-18(13-16-12-14(2)9-10-19(16)23-21)20(25-26)24-22(27)17-8-6-5-7-15(17)3/h5-10,12-13H,4,11H2,1-3H3,(H,24,25,27). The minimum Gasteiger partial charge on any atom is -0.304 e. The number of pyridine rings is 1. The molecule has 0 spiro atoms. The summed E-state index contributed by atoms with van der Waals surface area (Å²) < 4.78 is 1.88. The molecule has 136 valence electrons. The average molecular weight is 358 g/mol. The van der Waals surface area contributed by atoms with Gasteiger partial charge in [-0.15, -0.1) is 0 Å². The fourth-order valence-electron chi connectivity index (χ4n) is 3.34. The Balaban J connectivity index is 1.84. The third kappa shape index (κ3) is 3.16. The van der Waals surface area contributed by atoms with Crippen LogP contribution in [0.1, 0.15) is 34.8 Å². The van der Waals surface area contributed by atoms with E-state index in [0.29, 0.717) is 11.4 Å². The minimum absolute atomic E-state index is 0.152. The number of nitrogens with zero attached hydrogens (tertiary/aromatic N) is 3. The molecule has 0 aliphatic heterocycles. The van der Waals surface area contributed by atoms with Gasteiger partial charge in [0.25, 0.3) is 5.91 Å². The van der Waals surface area contributed by atoms with Crippen molar-refractivity contribution in [3.05, 3.63) is 65.2 Å². The Morgan fingerprint density at radius 2 is 1.93 bits per heavy atom. The molecule has 27 heavy (non-hydrogen) atoms. The van der Waals surface area contributed by atoms with E-state index in [0.717, 1.165) is 40.5 Å². The van der Waals surface area contributed by atoms with E-state index < -0.39 is 0 Å². The fraction of sp³-hybridized carbons (Fsp3) is 0.227. The van der Waals surface area contributed by atoms with Gasteiger partial charge in [0.2, 0.25) is 0 Å². The Morgan fingerprint density at radius 3 is 2.70 bits per heavy atom. The lowest BCUT2D eigenvalue weighted by atomic mass is 10.1. The first kappa shape index (κ1) is 17.2. The molecule has 1 amide bonds. The van der Waals surface area contributed by atoms with E-state index >= 15 is 0 Å². The van der Waals surface area contributed by atoms with Crippen molar-refractivity contribution in [3.63, 3.8) is 0 Å². The number of nitrogens with one attached hydrogen (secondary N) is 1. The Labute approximate surface area is 158 Å². The molecule has 5 heteroatoms. The molecule has 1 N–H and O–H groups in total. The maximum Gasteiger partial charge on any atom is 0.257 e. The van der Waals surface area contributed by atoms with Crippen molar-refractivity contribution in [2.24, 2.45) is 0 Å². The highest BCUT2D eigenvalue weighted by Gasteiger charge is 2.17. The number of hydrogen-bond acceptors (Lipinski definition) is 3. The van der Waals surface area contributed by atoms with Gasteiger partial charge in [-0.3, -0.25) is 4.79 Å². The molecule has 4 aromatic rings. The largest absolute Gasteiger partial charge is 0.304 e. The van der Waals surface area contributed by atoms with Crippen LogP contribution in [-0.4, -0.2) is 20.7 Å². The highest BCUT2D eigenvalue weighted by Crippen LogP contribution is 2.27. The number of benzene rings is 2. The predicted molar refractivity (Wildman–Crippen MR) is 109 cm³/mol. The molecule has 0 aliphatic carbocycles. The lowest BCUT2D eigenvalue weighted by Gasteiger charge is -2.06. The van der Waals surface area contributed by atoms with Gasteiger partial charge in [0.1, 0.15) is 0 Å². The van der Waals surface area contributed by atoms with Crippen molar-refractivity contribution >= 4 is 33.7 Å². The number of amides is 1. The van der Waals surface area contributed by atoms with Gasteiger partial charge in [0.15, 0.2) is 11.5 Å². The number of anilines is 1. The van der Waals surface area contributed by atoms with Crippen molar-refractivity contribution in [3.8, 4) is 0 Å². The number of carbonyl (C=O) groups excluding carboxylic acids is 1. The van der Waals surface area contributed by atoms with Crippen LogP contribution in [0.5, 0.6) is 0 Å². The summed E-state index contributed by atoms with van der Waals surface area (Å²) in [6, 6.07) is 15.8. The fourth-order valence-corrected chi connectivity index (χ4v) is 3.34. The summed E-state index contributed by atoms with van der Waals surface area (Å²) in [5, 5.41) is 9.54. The molecule has 0 unspecified atom stereocenters. The summed E-state index contributed by atoms with van der Waals surface area (Å²) in [5.41, 5.74) is 4.50. The van der Waals surface area contributed by atoms with Crippen molar-refractivity contribution in [1.82, 2.24) is 14.8 Å². The van der Waals surface area contributed by atoms with Crippen LogP contribution in [0, 0.1) is 13.8 Å². The van der Waals surface area contributed by atoms with Gasteiger partial charge in [-0.25, -0.2) is 9.67 Å². The van der Waals surface area contributed by atoms with Gasteiger partial charge in [-0.2, -0.15) is 5.10 Å². The summed E-state index contributed by atoms with van der Waals surface area (Å²) in [5.74, 6) is 0.406. The number of carbonyl (C=O) groups is 1. The number of hydrogen-bond donors (Lipinski definition) is 1. The number of aryl methyl sites for hydroxylation is 3. The second-order valence-electron chi connectivity index (χ2n) is 6.90. The Kier molecular flexibility index (Phi) is 4.36. The van der Waals surface area contributed by atoms with Gasteiger partial charge in [-0.05, 0) is 50.1 Å². The molecular weight excluding hydrogens is 336 g/mol. The van der Waals surface area contributed by atoms with E-state index in [1.54, 1.807) is 0 Å². The van der Waals surface area contributed by atoms with Crippen LogP contribution in [0.25, 0.3) is 21.9 Å². The maximum atomic E-state index is 12.8. The monoisotopic (exact) mass is 358 g/mol. The first-order valence-corrected chi connectivity index (χ1v) is 9.21. The molecule has 0 atom stereocenters. The Morgan fingerprint density at radius 1 is 1.11 bits per heavy atom. The van der Waals surface area contributed by atoms with Crippen LogP contribution in [0.2, 0.25) is 0 Å². The molecule has 2 heterocycles. The summed E-state index contributed by atoms with van der Waals surface area (Å²) in [6.07, 6.45) is 0.940. The summed E-state index contributed by atoms with van der Waals surface area (Å²) in [7, 11) is 0. The van der Waals surface area contributed by atoms with Crippen LogP contribution in [0.15, 0.2) is 48.5 Å². The van der Waals surface area contributed by atoms with E-state index in [9.17, 15) is 4.79 Å². The zero-order valence-electron chi connectivity index (χ0n) is 15.8. The van der Waals surface area contributed by atoms with Gasteiger partial charge in [0, 0.05) is 17.5 Å². The van der Waals surface area contributed by atoms with E-state index in [4.69, 9.17) is 4.98 Å². The molecule has 5 nitrogen and oxygen atoms in total. The van der Waals surface area contributed by atoms with Crippen LogP contribution >= 0.6 is 0 Å². The molecule has 0 bridgehead atoms. The predicted octanol–water partition coefficient (Wildman–Crippen LogP) is 4.86. The normalized spacial score (nSPS) is 11.2. The summed E-state index contributed by atoms with van der Waals surface area (Å²) >= 11 is 0. The lowest BCUT2D eigenvalue weighted by Crippen LogP contribution is -2.14. The second kappa shape index (κ2) is 6.83.